The van der Waals surface area contributed by atoms with Crippen LogP contribution in [0.4, 0.5) is 13.2 Å². The van der Waals surface area contributed by atoms with E-state index in [4.69, 9.17) is 0 Å². The lowest BCUT2D eigenvalue weighted by Crippen LogP contribution is -2.37. The van der Waals surface area contributed by atoms with E-state index in [1.165, 1.54) is 29.6 Å². The van der Waals surface area contributed by atoms with E-state index in [-0.39, 0.29) is 16.2 Å². The minimum Gasteiger partial charge on any atom is -0.346 e. The summed E-state index contributed by atoms with van der Waals surface area (Å²) in [6.45, 7) is -1.61. The Hall–Kier alpha value is -2.91. The first-order valence-electron chi connectivity index (χ1n) is 6.21. The van der Waals surface area contributed by atoms with Gasteiger partial charge in [-0.3, -0.25) is 14.4 Å². The van der Waals surface area contributed by atoms with Gasteiger partial charge in [-0.05, 0) is 12.1 Å². The predicted octanol–water partition coefficient (Wildman–Crippen LogP) is 0.809. The lowest BCUT2D eigenvalue weighted by molar-refractivity contribution is -0.170. The van der Waals surface area contributed by atoms with Crippen molar-refractivity contribution in [3.05, 3.63) is 35.4 Å². The number of carbonyl (C=O) groups excluding carboxylic acids is 4. The largest absolute Gasteiger partial charge is 0.405 e. The first-order valence-corrected chi connectivity index (χ1v) is 6.21. The molecule has 0 aliphatic carbocycles. The molecule has 2 rings (SSSR count). The van der Waals surface area contributed by atoms with E-state index in [1.807, 2.05) is 0 Å². The van der Waals surface area contributed by atoms with Gasteiger partial charge in [0, 0.05) is 0 Å². The molecule has 1 aromatic rings. The Morgan fingerprint density at radius 3 is 2.09 bits per heavy atom. The summed E-state index contributed by atoms with van der Waals surface area (Å²) in [5, 5.41) is 1.64. The summed E-state index contributed by atoms with van der Waals surface area (Å²) in [7, 11) is 0. The molecule has 10 heteroatoms. The first-order chi connectivity index (χ1) is 10.7. The van der Waals surface area contributed by atoms with Gasteiger partial charge in [0.2, 0.25) is 5.91 Å². The summed E-state index contributed by atoms with van der Waals surface area (Å²) in [6, 6.07) is 5.69. The van der Waals surface area contributed by atoms with Crippen molar-refractivity contribution >= 4 is 23.7 Å². The topological polar surface area (TPSA) is 92.8 Å². The minimum absolute atomic E-state index is 0.0202. The molecular formula is C13H9F3N2O5. The maximum Gasteiger partial charge on any atom is 0.405 e. The third kappa shape index (κ3) is 3.84. The van der Waals surface area contributed by atoms with Crippen molar-refractivity contribution < 1.29 is 37.2 Å². The van der Waals surface area contributed by atoms with E-state index in [9.17, 15) is 32.3 Å². The van der Waals surface area contributed by atoms with Gasteiger partial charge in [0.05, 0.1) is 11.1 Å². The van der Waals surface area contributed by atoms with E-state index in [0.29, 0.717) is 0 Å². The van der Waals surface area contributed by atoms with Crippen LogP contribution < -0.4 is 5.32 Å². The number of amides is 3. The van der Waals surface area contributed by atoms with Crippen LogP contribution in [-0.2, 0) is 14.4 Å². The third-order valence-corrected chi connectivity index (χ3v) is 2.74. The van der Waals surface area contributed by atoms with Gasteiger partial charge in [-0.15, -0.1) is 0 Å². The van der Waals surface area contributed by atoms with Crippen LogP contribution in [0.3, 0.4) is 0 Å². The molecule has 1 aliphatic heterocycles. The quantitative estimate of drug-likeness (QED) is 0.651. The summed E-state index contributed by atoms with van der Waals surface area (Å²) in [5.74, 6) is -4.37. The second-order valence-electron chi connectivity index (χ2n) is 4.48. The molecule has 0 radical (unpaired) electrons. The smallest absolute Gasteiger partial charge is 0.346 e. The SMILES string of the molecule is O=C(CC(=O)ON1C(=O)c2ccccc2C1=O)NCC(F)(F)F. The van der Waals surface area contributed by atoms with Gasteiger partial charge in [-0.25, -0.2) is 4.79 Å². The molecule has 0 saturated heterocycles. The number of alkyl halides is 3. The molecular weight excluding hydrogens is 321 g/mol. The Balaban J connectivity index is 1.93. The summed E-state index contributed by atoms with van der Waals surface area (Å²) >= 11 is 0. The maximum atomic E-state index is 11.9. The molecule has 0 spiro atoms. The fourth-order valence-corrected chi connectivity index (χ4v) is 1.78. The lowest BCUT2D eigenvalue weighted by atomic mass is 10.1. The van der Waals surface area contributed by atoms with E-state index >= 15 is 0 Å². The predicted molar refractivity (Wildman–Crippen MR) is 66.7 cm³/mol. The Kier molecular flexibility index (Phi) is 4.34. The average Bonchev–Trinajstić information content (AvgIpc) is 2.70. The zero-order valence-electron chi connectivity index (χ0n) is 11.3. The number of nitrogens with zero attached hydrogens (tertiary/aromatic N) is 1. The van der Waals surface area contributed by atoms with Crippen molar-refractivity contribution in [3.8, 4) is 0 Å². The monoisotopic (exact) mass is 330 g/mol. The molecule has 0 fully saturated rings. The second-order valence-corrected chi connectivity index (χ2v) is 4.48. The van der Waals surface area contributed by atoms with Crippen LogP contribution in [0.1, 0.15) is 27.1 Å². The number of imide groups is 1. The van der Waals surface area contributed by atoms with Crippen molar-refractivity contribution in [1.29, 1.82) is 0 Å². The Labute approximate surface area is 127 Å². The number of hydrogen-bond donors (Lipinski definition) is 1. The molecule has 7 nitrogen and oxygen atoms in total. The van der Waals surface area contributed by atoms with Crippen molar-refractivity contribution in [3.63, 3.8) is 0 Å². The lowest BCUT2D eigenvalue weighted by Gasteiger charge is -2.13. The molecule has 23 heavy (non-hydrogen) atoms. The number of carbonyl (C=O) groups is 4. The second kappa shape index (κ2) is 6.07. The van der Waals surface area contributed by atoms with Gasteiger partial charge in [0.1, 0.15) is 13.0 Å². The van der Waals surface area contributed by atoms with Crippen LogP contribution in [0.15, 0.2) is 24.3 Å². The van der Waals surface area contributed by atoms with Crippen LogP contribution in [0.5, 0.6) is 0 Å². The van der Waals surface area contributed by atoms with Gasteiger partial charge >= 0.3 is 12.1 Å². The Morgan fingerprint density at radius 1 is 1.09 bits per heavy atom. The number of nitrogens with one attached hydrogen (secondary N) is 1. The molecule has 0 atom stereocenters. The summed E-state index contributed by atoms with van der Waals surface area (Å²) in [6.07, 6.45) is -5.69. The molecule has 122 valence electrons. The molecule has 0 bridgehead atoms. The molecule has 0 aromatic heterocycles. The molecule has 0 saturated carbocycles. The van der Waals surface area contributed by atoms with E-state index in [0.717, 1.165) is 0 Å². The number of benzene rings is 1. The van der Waals surface area contributed by atoms with Crippen LogP contribution in [0.25, 0.3) is 0 Å². The van der Waals surface area contributed by atoms with Gasteiger partial charge in [0.25, 0.3) is 11.8 Å². The number of fused-ring (bicyclic) bond motifs is 1. The molecule has 1 aromatic carbocycles. The highest BCUT2D eigenvalue weighted by Crippen LogP contribution is 2.22. The summed E-state index contributed by atoms with van der Waals surface area (Å²) in [4.78, 5) is 50.8. The Morgan fingerprint density at radius 2 is 1.61 bits per heavy atom. The van der Waals surface area contributed by atoms with Gasteiger partial charge in [-0.2, -0.15) is 13.2 Å². The number of hydroxylamine groups is 2. The molecule has 1 heterocycles. The van der Waals surface area contributed by atoms with Crippen molar-refractivity contribution in [2.45, 2.75) is 12.6 Å². The van der Waals surface area contributed by atoms with E-state index in [1.54, 1.807) is 0 Å². The highest BCUT2D eigenvalue weighted by molar-refractivity contribution is 6.21. The fraction of sp³-hybridized carbons (Fsp3) is 0.231. The molecule has 3 amide bonds. The van der Waals surface area contributed by atoms with E-state index in [2.05, 4.69) is 4.84 Å². The molecule has 0 unspecified atom stereocenters. The summed E-state index contributed by atoms with van der Waals surface area (Å²) < 4.78 is 35.7. The fourth-order valence-electron chi connectivity index (χ4n) is 1.78. The van der Waals surface area contributed by atoms with Gasteiger partial charge in [0.15, 0.2) is 0 Å². The van der Waals surface area contributed by atoms with E-state index < -0.39 is 42.8 Å². The minimum atomic E-state index is -4.62. The summed E-state index contributed by atoms with van der Waals surface area (Å²) in [5.41, 5.74) is 0.0404. The molecule has 1 N–H and O–H groups in total. The highest BCUT2D eigenvalue weighted by atomic mass is 19.4. The zero-order chi connectivity index (χ0) is 17.2. The van der Waals surface area contributed by atoms with Crippen LogP contribution in [0, 0.1) is 0 Å². The highest BCUT2D eigenvalue weighted by Gasteiger charge is 2.38. The van der Waals surface area contributed by atoms with Gasteiger partial charge < -0.3 is 10.2 Å². The number of hydrogen-bond acceptors (Lipinski definition) is 5. The third-order valence-electron chi connectivity index (χ3n) is 2.74. The molecule has 1 aliphatic rings. The standard InChI is InChI=1S/C13H9F3N2O5/c14-13(15,16)6-17-9(19)5-10(20)23-18-11(21)7-3-1-2-4-8(7)12(18)22/h1-4H,5-6H2,(H,17,19). The normalized spacial score (nSPS) is 13.8. The average molecular weight is 330 g/mol. The van der Waals surface area contributed by atoms with Crippen LogP contribution in [0.2, 0.25) is 0 Å². The number of rotatable bonds is 4. The van der Waals surface area contributed by atoms with Crippen molar-refractivity contribution in [2.24, 2.45) is 0 Å². The first kappa shape index (κ1) is 16.5. The van der Waals surface area contributed by atoms with Crippen molar-refractivity contribution in [1.82, 2.24) is 10.4 Å². The van der Waals surface area contributed by atoms with Crippen LogP contribution >= 0.6 is 0 Å². The van der Waals surface area contributed by atoms with Gasteiger partial charge in [-0.1, -0.05) is 17.2 Å². The van der Waals surface area contributed by atoms with Crippen LogP contribution in [-0.4, -0.2) is 41.5 Å². The zero-order valence-corrected chi connectivity index (χ0v) is 11.3. The number of halogens is 3. The Bertz CT molecular complexity index is 651. The van der Waals surface area contributed by atoms with Crippen molar-refractivity contribution in [2.75, 3.05) is 6.54 Å². The maximum absolute atomic E-state index is 11.9.